The third-order valence-corrected chi connectivity index (χ3v) is 9.06. The van der Waals surface area contributed by atoms with Crippen molar-refractivity contribution in [3.8, 4) is 16.9 Å². The highest BCUT2D eigenvalue weighted by atomic mass is 19.4. The maximum atomic E-state index is 12.3. The zero-order valence-electron chi connectivity index (χ0n) is 21.7. The number of ether oxygens (including phenoxy) is 2. The van der Waals surface area contributed by atoms with Gasteiger partial charge in [0, 0.05) is 12.0 Å². The van der Waals surface area contributed by atoms with Gasteiger partial charge < -0.3 is 9.47 Å². The van der Waals surface area contributed by atoms with Gasteiger partial charge >= 0.3 is 12.1 Å². The normalized spacial score (nSPS) is 26.1. The number of hydrogen-bond acceptors (Lipinski definition) is 3. The molecule has 0 saturated heterocycles. The van der Waals surface area contributed by atoms with E-state index in [-0.39, 0.29) is 18.4 Å². The number of methoxy groups -OCH3 is 1. The van der Waals surface area contributed by atoms with E-state index >= 15 is 0 Å². The Morgan fingerprint density at radius 2 is 1.47 bits per heavy atom. The zero-order chi connectivity index (χ0) is 26.5. The number of carbonyl (C=O) groups is 1. The van der Waals surface area contributed by atoms with Crippen LogP contribution in [0.5, 0.6) is 5.75 Å². The number of esters is 1. The fraction of sp³-hybridized carbons (Fsp3) is 0.469. The van der Waals surface area contributed by atoms with Gasteiger partial charge in [0.15, 0.2) is 0 Å². The van der Waals surface area contributed by atoms with Gasteiger partial charge in [-0.25, -0.2) is 4.79 Å². The number of benzene rings is 3. The number of fused-ring (bicyclic) bond motifs is 1. The Labute approximate surface area is 221 Å². The van der Waals surface area contributed by atoms with Crippen LogP contribution in [0.1, 0.15) is 67.3 Å². The van der Waals surface area contributed by atoms with E-state index in [4.69, 9.17) is 9.47 Å². The summed E-state index contributed by atoms with van der Waals surface area (Å²) < 4.78 is 47.9. The van der Waals surface area contributed by atoms with Gasteiger partial charge in [-0.15, -0.1) is 0 Å². The van der Waals surface area contributed by atoms with Crippen LogP contribution in [0.25, 0.3) is 21.9 Å². The van der Waals surface area contributed by atoms with Crippen LogP contribution >= 0.6 is 0 Å². The fourth-order valence-electron chi connectivity index (χ4n) is 7.82. The molecular formula is C32H33F3O3. The quantitative estimate of drug-likeness (QED) is 0.231. The Morgan fingerprint density at radius 3 is 2.13 bits per heavy atom. The van der Waals surface area contributed by atoms with Crippen LogP contribution in [-0.2, 0) is 10.2 Å². The van der Waals surface area contributed by atoms with Crippen LogP contribution in [0.2, 0.25) is 0 Å². The molecule has 200 valence electrons. The molecule has 7 rings (SSSR count). The summed E-state index contributed by atoms with van der Waals surface area (Å²) >= 11 is 0. The number of rotatable bonds is 7. The van der Waals surface area contributed by atoms with E-state index < -0.39 is 18.6 Å². The van der Waals surface area contributed by atoms with Crippen LogP contribution < -0.4 is 4.74 Å². The van der Waals surface area contributed by atoms with Crippen LogP contribution in [0.15, 0.2) is 54.6 Å². The predicted molar refractivity (Wildman–Crippen MR) is 141 cm³/mol. The first-order valence-corrected chi connectivity index (χ1v) is 13.7. The van der Waals surface area contributed by atoms with E-state index in [1.807, 2.05) is 12.1 Å². The van der Waals surface area contributed by atoms with E-state index in [2.05, 4.69) is 30.3 Å². The van der Waals surface area contributed by atoms with Crippen LogP contribution in [0.3, 0.4) is 0 Å². The van der Waals surface area contributed by atoms with E-state index in [0.29, 0.717) is 5.56 Å². The number of carbonyl (C=O) groups excluding carboxylic acids is 1. The zero-order valence-corrected chi connectivity index (χ0v) is 21.7. The summed E-state index contributed by atoms with van der Waals surface area (Å²) in [6.45, 7) is -0.251. The van der Waals surface area contributed by atoms with Gasteiger partial charge in [0.25, 0.3) is 0 Å². The summed E-state index contributed by atoms with van der Waals surface area (Å²) in [6.07, 6.45) is 2.56. The molecule has 3 nitrogen and oxygen atoms in total. The van der Waals surface area contributed by atoms with Crippen molar-refractivity contribution in [2.45, 2.75) is 63.0 Å². The van der Waals surface area contributed by atoms with Gasteiger partial charge in [0.1, 0.15) is 5.75 Å². The van der Waals surface area contributed by atoms with E-state index in [1.165, 1.54) is 44.1 Å². The SMILES string of the molecule is COc1ccc(-c2ccc3cc(C(=O)OCCCC(F)(F)F)ccc3c2)cc1C12CC3CC(CC(C3)C1)C2. The molecule has 4 aliphatic rings. The Kier molecular flexibility index (Phi) is 6.40. The molecule has 0 unspecified atom stereocenters. The summed E-state index contributed by atoms with van der Waals surface area (Å²) in [7, 11) is 1.77. The molecule has 0 aromatic heterocycles. The highest BCUT2D eigenvalue weighted by Gasteiger charge is 2.52. The molecule has 4 aliphatic carbocycles. The second-order valence-electron chi connectivity index (χ2n) is 11.7. The molecule has 38 heavy (non-hydrogen) atoms. The topological polar surface area (TPSA) is 35.5 Å². The summed E-state index contributed by atoms with van der Waals surface area (Å²) in [4.78, 5) is 12.3. The lowest BCUT2D eigenvalue weighted by atomic mass is 9.48. The molecule has 4 saturated carbocycles. The first-order valence-electron chi connectivity index (χ1n) is 13.7. The summed E-state index contributed by atoms with van der Waals surface area (Å²) in [5.41, 5.74) is 4.19. The lowest BCUT2D eigenvalue weighted by molar-refractivity contribution is -0.137. The molecule has 6 heteroatoms. The third kappa shape index (κ3) is 4.90. The monoisotopic (exact) mass is 522 g/mol. The number of hydrogen-bond donors (Lipinski definition) is 0. The van der Waals surface area contributed by atoms with Crippen LogP contribution in [-0.4, -0.2) is 25.9 Å². The molecule has 0 aliphatic heterocycles. The van der Waals surface area contributed by atoms with E-state index in [1.54, 1.807) is 19.2 Å². The van der Waals surface area contributed by atoms with Gasteiger partial charge in [-0.2, -0.15) is 13.2 Å². The van der Waals surface area contributed by atoms with Gasteiger partial charge in [-0.1, -0.05) is 24.3 Å². The van der Waals surface area contributed by atoms with E-state index in [9.17, 15) is 18.0 Å². The molecule has 0 spiro atoms. The van der Waals surface area contributed by atoms with Crippen LogP contribution in [0, 0.1) is 17.8 Å². The van der Waals surface area contributed by atoms with Crippen molar-refractivity contribution < 1.29 is 27.4 Å². The molecule has 4 bridgehead atoms. The summed E-state index contributed by atoms with van der Waals surface area (Å²) in [6, 6.07) is 18.0. The van der Waals surface area contributed by atoms with Crippen molar-refractivity contribution in [3.05, 3.63) is 65.7 Å². The minimum Gasteiger partial charge on any atom is -0.496 e. The largest absolute Gasteiger partial charge is 0.496 e. The van der Waals surface area contributed by atoms with Crippen molar-refractivity contribution in [3.63, 3.8) is 0 Å². The molecule has 0 amide bonds. The average molecular weight is 523 g/mol. The van der Waals surface area contributed by atoms with Crippen molar-refractivity contribution in [2.24, 2.45) is 17.8 Å². The number of alkyl halides is 3. The smallest absolute Gasteiger partial charge is 0.389 e. The molecule has 0 radical (unpaired) electrons. The number of halogens is 3. The molecule has 3 aromatic carbocycles. The highest BCUT2D eigenvalue weighted by Crippen LogP contribution is 2.62. The molecular weight excluding hydrogens is 489 g/mol. The summed E-state index contributed by atoms with van der Waals surface area (Å²) in [5, 5.41) is 1.87. The summed E-state index contributed by atoms with van der Waals surface area (Å²) in [5.74, 6) is 2.94. The molecule has 3 aromatic rings. The maximum absolute atomic E-state index is 12.3. The van der Waals surface area contributed by atoms with E-state index in [0.717, 1.165) is 45.4 Å². The second kappa shape index (κ2) is 9.62. The molecule has 0 heterocycles. The average Bonchev–Trinajstić information content (AvgIpc) is 2.88. The maximum Gasteiger partial charge on any atom is 0.389 e. The van der Waals surface area contributed by atoms with Crippen molar-refractivity contribution in [1.29, 1.82) is 0 Å². The van der Waals surface area contributed by atoms with Crippen LogP contribution in [0.4, 0.5) is 13.2 Å². The van der Waals surface area contributed by atoms with Crippen molar-refractivity contribution in [2.75, 3.05) is 13.7 Å². The highest BCUT2D eigenvalue weighted by molar-refractivity contribution is 5.96. The Balaban J connectivity index is 1.24. The van der Waals surface area contributed by atoms with Crippen molar-refractivity contribution >= 4 is 16.7 Å². The van der Waals surface area contributed by atoms with Gasteiger partial charge in [-0.05, 0) is 120 Å². The molecule has 4 fully saturated rings. The third-order valence-electron chi connectivity index (χ3n) is 9.06. The minimum absolute atomic E-state index is 0.225. The standard InChI is InChI=1S/C32H33F3O3/c1-37-29-8-7-26(16-28(29)31-17-20-11-21(18-31)13-22(12-20)19-31)24-3-4-25-15-27(6-5-23(25)14-24)30(36)38-10-2-9-32(33,34)35/h3-8,14-16,20-22H,2,9-13,17-19H2,1H3. The first kappa shape index (κ1) is 25.3. The fourth-order valence-corrected chi connectivity index (χ4v) is 7.82. The van der Waals surface area contributed by atoms with Crippen molar-refractivity contribution in [1.82, 2.24) is 0 Å². The Morgan fingerprint density at radius 1 is 0.868 bits per heavy atom. The lowest BCUT2D eigenvalue weighted by Gasteiger charge is -2.57. The van der Waals surface area contributed by atoms with Gasteiger partial charge in [0.05, 0.1) is 19.3 Å². The predicted octanol–water partition coefficient (Wildman–Crippen LogP) is 8.48. The van der Waals surface area contributed by atoms with Gasteiger partial charge in [0.2, 0.25) is 0 Å². The minimum atomic E-state index is -4.24. The second-order valence-corrected chi connectivity index (χ2v) is 11.7. The first-order chi connectivity index (χ1) is 18.2. The molecule has 0 N–H and O–H groups in total. The van der Waals surface area contributed by atoms with Gasteiger partial charge in [-0.3, -0.25) is 0 Å². The Bertz CT molecular complexity index is 1320. The lowest BCUT2D eigenvalue weighted by Crippen LogP contribution is -2.48. The Hall–Kier alpha value is -3.02. The molecule has 0 atom stereocenters.